The zero-order chi connectivity index (χ0) is 22.3. The smallest absolute Gasteiger partial charge is 0.257 e. The Morgan fingerprint density at radius 3 is 2.31 bits per heavy atom. The van der Waals surface area contributed by atoms with E-state index in [1.165, 1.54) is 19.1 Å². The largest absolute Gasteiger partial charge is 0.370 e. The van der Waals surface area contributed by atoms with E-state index in [2.05, 4.69) is 9.88 Å². The number of ether oxygens (including phenoxy) is 2. The summed E-state index contributed by atoms with van der Waals surface area (Å²) in [5.74, 6) is -1.04. The monoisotopic (exact) mass is 442 g/mol. The second-order valence-corrected chi connectivity index (χ2v) is 8.57. The maximum Gasteiger partial charge on any atom is 0.257 e. The quantitative estimate of drug-likeness (QED) is 0.709. The van der Waals surface area contributed by atoms with Crippen LogP contribution in [0, 0.1) is 5.82 Å². The fourth-order valence-electron chi connectivity index (χ4n) is 4.90. The highest BCUT2D eigenvalue weighted by Gasteiger charge is 2.41. The summed E-state index contributed by atoms with van der Waals surface area (Å²) in [6, 6.07) is 4.48. The third kappa shape index (κ3) is 3.80. The van der Waals surface area contributed by atoms with Crippen LogP contribution in [0.2, 0.25) is 0 Å². The number of fused-ring (bicyclic) bond motifs is 1. The fourth-order valence-corrected chi connectivity index (χ4v) is 4.90. The highest BCUT2D eigenvalue weighted by atomic mass is 19.1. The van der Waals surface area contributed by atoms with Gasteiger partial charge in [-0.2, -0.15) is 0 Å². The molecule has 170 valence electrons. The van der Waals surface area contributed by atoms with E-state index in [0.29, 0.717) is 87.5 Å². The predicted molar refractivity (Wildman–Crippen MR) is 116 cm³/mol. The summed E-state index contributed by atoms with van der Waals surface area (Å²) in [6.07, 6.45) is 2.95. The van der Waals surface area contributed by atoms with Crippen LogP contribution in [0.25, 0.3) is 10.9 Å². The summed E-state index contributed by atoms with van der Waals surface area (Å²) in [5.41, 5.74) is 1.82. The van der Waals surface area contributed by atoms with Crippen LogP contribution in [0.5, 0.6) is 0 Å². The zero-order valence-corrected chi connectivity index (χ0v) is 18.2. The average molecular weight is 442 g/mol. The number of amides is 2. The van der Waals surface area contributed by atoms with E-state index in [1.54, 1.807) is 22.1 Å². The molecule has 9 heteroatoms. The number of hydrogen-bond acceptors (Lipinski definition) is 6. The van der Waals surface area contributed by atoms with Gasteiger partial charge >= 0.3 is 0 Å². The normalized spacial score (nSPS) is 20.9. The van der Waals surface area contributed by atoms with Gasteiger partial charge in [-0.05, 0) is 18.2 Å². The second kappa shape index (κ2) is 8.29. The lowest BCUT2D eigenvalue weighted by atomic mass is 9.99. The molecule has 0 N–H and O–H groups in total. The van der Waals surface area contributed by atoms with Crippen LogP contribution in [-0.2, 0) is 14.3 Å². The van der Waals surface area contributed by atoms with Gasteiger partial charge in [-0.1, -0.05) is 0 Å². The molecule has 0 unspecified atom stereocenters. The minimum absolute atomic E-state index is 0.0132. The molecule has 0 bridgehead atoms. The number of carbonyl (C=O) groups excluding carboxylic acids is 2. The number of rotatable bonds is 2. The second-order valence-electron chi connectivity index (χ2n) is 8.57. The molecule has 0 atom stereocenters. The van der Waals surface area contributed by atoms with E-state index in [-0.39, 0.29) is 17.6 Å². The topological polar surface area (TPSA) is 75.2 Å². The Morgan fingerprint density at radius 1 is 1.00 bits per heavy atom. The molecule has 0 saturated carbocycles. The van der Waals surface area contributed by atoms with Crippen molar-refractivity contribution in [3.8, 4) is 0 Å². The van der Waals surface area contributed by atoms with E-state index in [0.717, 1.165) is 0 Å². The highest BCUT2D eigenvalue weighted by molar-refractivity contribution is 6.07. The molecule has 1 aromatic heterocycles. The van der Waals surface area contributed by atoms with Crippen LogP contribution in [0.4, 0.5) is 10.1 Å². The Kier molecular flexibility index (Phi) is 5.46. The number of piperidine rings is 1. The summed E-state index contributed by atoms with van der Waals surface area (Å²) in [6.45, 7) is 5.94. The summed E-state index contributed by atoms with van der Waals surface area (Å²) in [5, 5.41) is 0.627. The van der Waals surface area contributed by atoms with Crippen molar-refractivity contribution in [3.05, 3.63) is 35.8 Å². The standard InChI is InChI=1S/C23H27FN4O4/c1-16(29)26-8-10-28(11-9-26)22(30)19-15-25-20-3-2-17(24)14-18(20)21(19)27-6-4-23(5-7-27)31-12-13-32-23/h2-3,14-15H,4-13H2,1H3. The molecule has 0 aliphatic carbocycles. The van der Waals surface area contributed by atoms with Gasteiger partial charge in [0.25, 0.3) is 5.91 Å². The molecule has 32 heavy (non-hydrogen) atoms. The molecule has 5 rings (SSSR count). The van der Waals surface area contributed by atoms with Crippen LogP contribution < -0.4 is 4.90 Å². The van der Waals surface area contributed by atoms with Gasteiger partial charge in [0.2, 0.25) is 5.91 Å². The number of aromatic nitrogens is 1. The summed E-state index contributed by atoms with van der Waals surface area (Å²) < 4.78 is 25.9. The van der Waals surface area contributed by atoms with Crippen molar-refractivity contribution in [2.75, 3.05) is 57.4 Å². The first-order chi connectivity index (χ1) is 15.5. The number of nitrogens with zero attached hydrogens (tertiary/aromatic N) is 4. The van der Waals surface area contributed by atoms with Crippen molar-refractivity contribution in [1.29, 1.82) is 0 Å². The zero-order valence-electron chi connectivity index (χ0n) is 18.2. The van der Waals surface area contributed by atoms with Gasteiger partial charge in [0, 0.05) is 70.6 Å². The molecule has 3 aliphatic heterocycles. The van der Waals surface area contributed by atoms with Crippen molar-refractivity contribution >= 4 is 28.4 Å². The maximum atomic E-state index is 14.2. The van der Waals surface area contributed by atoms with E-state index in [4.69, 9.17) is 9.47 Å². The molecular formula is C23H27FN4O4. The van der Waals surface area contributed by atoms with Crippen molar-refractivity contribution in [2.45, 2.75) is 25.6 Å². The molecule has 1 aromatic carbocycles. The summed E-state index contributed by atoms with van der Waals surface area (Å²) >= 11 is 0. The molecule has 3 fully saturated rings. The van der Waals surface area contributed by atoms with E-state index < -0.39 is 5.79 Å². The third-order valence-electron chi connectivity index (χ3n) is 6.70. The average Bonchev–Trinajstić information content (AvgIpc) is 3.26. The molecule has 0 radical (unpaired) electrons. The van der Waals surface area contributed by atoms with Gasteiger partial charge in [0.15, 0.2) is 5.79 Å². The molecule has 4 heterocycles. The van der Waals surface area contributed by atoms with E-state index in [1.807, 2.05) is 0 Å². The van der Waals surface area contributed by atoms with Crippen molar-refractivity contribution in [1.82, 2.24) is 14.8 Å². The van der Waals surface area contributed by atoms with Crippen molar-refractivity contribution < 1.29 is 23.5 Å². The number of hydrogen-bond donors (Lipinski definition) is 0. The minimum Gasteiger partial charge on any atom is -0.370 e. The van der Waals surface area contributed by atoms with Gasteiger partial charge in [-0.25, -0.2) is 4.39 Å². The van der Waals surface area contributed by atoms with Gasteiger partial charge in [0.05, 0.1) is 30.0 Å². The fraction of sp³-hybridized carbons (Fsp3) is 0.522. The first-order valence-electron chi connectivity index (χ1n) is 11.1. The molecule has 2 amide bonds. The number of benzene rings is 1. The first kappa shape index (κ1) is 21.1. The van der Waals surface area contributed by atoms with Gasteiger partial charge in [-0.15, -0.1) is 0 Å². The van der Waals surface area contributed by atoms with Crippen LogP contribution >= 0.6 is 0 Å². The Hall–Kier alpha value is -2.78. The summed E-state index contributed by atoms with van der Waals surface area (Å²) in [4.78, 5) is 35.2. The lowest BCUT2D eigenvalue weighted by Gasteiger charge is -2.40. The molecule has 1 spiro atoms. The molecule has 8 nitrogen and oxygen atoms in total. The Bertz CT molecular complexity index is 1040. The Balaban J connectivity index is 1.47. The molecule has 3 aliphatic rings. The van der Waals surface area contributed by atoms with Gasteiger partial charge < -0.3 is 24.2 Å². The van der Waals surface area contributed by atoms with Crippen LogP contribution in [0.1, 0.15) is 30.1 Å². The van der Waals surface area contributed by atoms with Gasteiger partial charge in [0.1, 0.15) is 5.82 Å². The molecule has 2 aromatic rings. The van der Waals surface area contributed by atoms with Crippen molar-refractivity contribution in [2.24, 2.45) is 0 Å². The van der Waals surface area contributed by atoms with Crippen LogP contribution in [0.15, 0.2) is 24.4 Å². The number of halogens is 1. The summed E-state index contributed by atoms with van der Waals surface area (Å²) in [7, 11) is 0. The SMILES string of the molecule is CC(=O)N1CCN(C(=O)c2cnc3ccc(F)cc3c2N2CCC3(CC2)OCCO3)CC1. The maximum absolute atomic E-state index is 14.2. The number of carbonyl (C=O) groups is 2. The lowest BCUT2D eigenvalue weighted by molar-refractivity contribution is -0.169. The van der Waals surface area contributed by atoms with E-state index in [9.17, 15) is 14.0 Å². The number of pyridine rings is 1. The number of anilines is 1. The van der Waals surface area contributed by atoms with Crippen LogP contribution in [-0.4, -0.2) is 84.9 Å². The highest BCUT2D eigenvalue weighted by Crippen LogP contribution is 2.37. The van der Waals surface area contributed by atoms with Gasteiger partial charge in [-0.3, -0.25) is 14.6 Å². The Labute approximate surface area is 185 Å². The lowest BCUT2D eigenvalue weighted by Crippen LogP contribution is -2.50. The third-order valence-corrected chi connectivity index (χ3v) is 6.70. The van der Waals surface area contributed by atoms with E-state index >= 15 is 0 Å². The minimum atomic E-state index is -0.544. The number of piperazine rings is 1. The molecule has 3 saturated heterocycles. The molecular weight excluding hydrogens is 415 g/mol. The van der Waals surface area contributed by atoms with Crippen molar-refractivity contribution in [3.63, 3.8) is 0 Å². The first-order valence-corrected chi connectivity index (χ1v) is 11.1. The predicted octanol–water partition coefficient (Wildman–Crippen LogP) is 2.02. The Morgan fingerprint density at radius 2 is 1.66 bits per heavy atom. The van der Waals surface area contributed by atoms with Crippen LogP contribution in [0.3, 0.4) is 0 Å².